The van der Waals surface area contributed by atoms with Gasteiger partial charge in [0.15, 0.2) is 0 Å². The number of hydrogen-bond acceptors (Lipinski definition) is 3. The van der Waals surface area contributed by atoms with E-state index in [0.717, 1.165) is 16.2 Å². The van der Waals surface area contributed by atoms with Crippen LogP contribution in [-0.2, 0) is 6.54 Å². The highest BCUT2D eigenvalue weighted by Gasteiger charge is 2.12. The molecule has 0 aliphatic heterocycles. The van der Waals surface area contributed by atoms with E-state index in [-0.39, 0.29) is 18.0 Å². The lowest BCUT2D eigenvalue weighted by molar-refractivity contribution is 0.0955. The zero-order valence-corrected chi connectivity index (χ0v) is 15.8. The molecule has 0 saturated heterocycles. The Morgan fingerprint density at radius 2 is 1.85 bits per heavy atom. The van der Waals surface area contributed by atoms with Gasteiger partial charge in [-0.1, -0.05) is 12.1 Å². The predicted molar refractivity (Wildman–Crippen MR) is 103 cm³/mol. The number of ether oxygens (including phenoxy) is 1. The summed E-state index contributed by atoms with van der Waals surface area (Å²) in [6.45, 7) is 3.94. The smallest absolute Gasteiger partial charge is 0.261 e. The second kappa shape index (κ2) is 8.31. The largest absolute Gasteiger partial charge is 0.494 e. The van der Waals surface area contributed by atoms with Gasteiger partial charge < -0.3 is 10.1 Å². The molecule has 1 amide bonds. The molecule has 1 heterocycles. The van der Waals surface area contributed by atoms with Crippen LogP contribution >= 0.6 is 11.3 Å². The first-order chi connectivity index (χ1) is 13.0. The molecule has 0 fully saturated rings. The van der Waals surface area contributed by atoms with Crippen molar-refractivity contribution in [2.75, 3.05) is 6.61 Å². The number of benzene rings is 2. The van der Waals surface area contributed by atoms with Crippen LogP contribution in [0, 0.1) is 18.6 Å². The van der Waals surface area contributed by atoms with Gasteiger partial charge in [0, 0.05) is 17.0 Å². The van der Waals surface area contributed by atoms with E-state index in [4.69, 9.17) is 4.74 Å². The molecule has 0 spiro atoms. The Labute approximate surface area is 160 Å². The second-order valence-corrected chi connectivity index (χ2v) is 7.08. The molecular formula is C21H19F2NO2S. The lowest BCUT2D eigenvalue weighted by Crippen LogP contribution is -2.22. The molecule has 3 rings (SSSR count). The van der Waals surface area contributed by atoms with Gasteiger partial charge in [0.25, 0.3) is 5.91 Å². The molecule has 140 valence electrons. The summed E-state index contributed by atoms with van der Waals surface area (Å²) in [5, 5.41) is 2.70. The van der Waals surface area contributed by atoms with Gasteiger partial charge >= 0.3 is 0 Å². The fraction of sp³-hybridized carbons (Fsp3) is 0.190. The topological polar surface area (TPSA) is 38.3 Å². The highest BCUT2D eigenvalue weighted by molar-refractivity contribution is 7.17. The van der Waals surface area contributed by atoms with E-state index in [1.54, 1.807) is 6.07 Å². The van der Waals surface area contributed by atoms with Gasteiger partial charge in [0.2, 0.25) is 0 Å². The maximum absolute atomic E-state index is 13.6. The first-order valence-electron chi connectivity index (χ1n) is 8.53. The highest BCUT2D eigenvalue weighted by atomic mass is 32.1. The van der Waals surface area contributed by atoms with Crippen LogP contribution in [0.2, 0.25) is 0 Å². The standard InChI is InChI=1S/C21H19F2NO2S/c1-3-26-16-6-4-5-15(11-16)19-7-8-20(27-19)21(25)24-12-14-9-17(22)13(2)18(23)10-14/h4-11H,3,12H2,1-2H3,(H,24,25). The minimum absolute atomic E-state index is 0.0257. The third kappa shape index (κ3) is 4.52. The molecule has 3 nitrogen and oxygen atoms in total. The summed E-state index contributed by atoms with van der Waals surface area (Å²) in [6, 6.07) is 13.7. The van der Waals surface area contributed by atoms with Crippen LogP contribution in [-0.4, -0.2) is 12.5 Å². The van der Waals surface area contributed by atoms with Gasteiger partial charge in [-0.15, -0.1) is 11.3 Å². The van der Waals surface area contributed by atoms with Gasteiger partial charge in [-0.3, -0.25) is 4.79 Å². The summed E-state index contributed by atoms with van der Waals surface area (Å²) in [6.07, 6.45) is 0. The Hall–Kier alpha value is -2.73. The van der Waals surface area contributed by atoms with Gasteiger partial charge in [0.05, 0.1) is 11.5 Å². The van der Waals surface area contributed by atoms with E-state index in [1.165, 1.54) is 30.4 Å². The molecule has 1 aromatic heterocycles. The van der Waals surface area contributed by atoms with Crippen molar-refractivity contribution in [1.29, 1.82) is 0 Å². The third-order valence-electron chi connectivity index (χ3n) is 4.05. The molecule has 3 aromatic rings. The second-order valence-electron chi connectivity index (χ2n) is 5.99. The van der Waals surface area contributed by atoms with Crippen molar-refractivity contribution >= 4 is 17.2 Å². The number of thiophene rings is 1. The summed E-state index contributed by atoms with van der Waals surface area (Å²) in [5.41, 5.74) is 1.32. The molecular weight excluding hydrogens is 368 g/mol. The summed E-state index contributed by atoms with van der Waals surface area (Å²) in [5.74, 6) is -0.745. The van der Waals surface area contributed by atoms with E-state index in [2.05, 4.69) is 5.32 Å². The molecule has 0 aliphatic rings. The Bertz CT molecular complexity index is 945. The molecule has 27 heavy (non-hydrogen) atoms. The first kappa shape index (κ1) is 19.0. The number of hydrogen-bond donors (Lipinski definition) is 1. The average Bonchev–Trinajstić information content (AvgIpc) is 3.15. The van der Waals surface area contributed by atoms with Crippen LogP contribution in [0.1, 0.15) is 27.7 Å². The number of nitrogens with one attached hydrogen (secondary N) is 1. The molecule has 0 atom stereocenters. The number of carbonyl (C=O) groups is 1. The van der Waals surface area contributed by atoms with E-state index in [1.807, 2.05) is 37.3 Å². The van der Waals surface area contributed by atoms with Crippen molar-refractivity contribution in [1.82, 2.24) is 5.32 Å². The Kier molecular flexibility index (Phi) is 5.86. The van der Waals surface area contributed by atoms with Crippen molar-refractivity contribution in [3.8, 4) is 16.2 Å². The van der Waals surface area contributed by atoms with Crippen LogP contribution in [0.5, 0.6) is 5.75 Å². The Morgan fingerprint density at radius 3 is 2.56 bits per heavy atom. The number of amides is 1. The lowest BCUT2D eigenvalue weighted by Gasteiger charge is -2.06. The number of halogens is 2. The molecule has 0 saturated carbocycles. The number of carbonyl (C=O) groups excluding carboxylic acids is 1. The lowest BCUT2D eigenvalue weighted by atomic mass is 10.1. The van der Waals surface area contributed by atoms with Crippen LogP contribution in [0.25, 0.3) is 10.4 Å². The average molecular weight is 387 g/mol. The van der Waals surface area contributed by atoms with Crippen molar-refractivity contribution in [3.63, 3.8) is 0 Å². The first-order valence-corrected chi connectivity index (χ1v) is 9.35. The fourth-order valence-corrected chi connectivity index (χ4v) is 3.51. The van der Waals surface area contributed by atoms with Crippen LogP contribution in [0.3, 0.4) is 0 Å². The van der Waals surface area contributed by atoms with Crippen molar-refractivity contribution in [2.45, 2.75) is 20.4 Å². The van der Waals surface area contributed by atoms with Crippen LogP contribution in [0.4, 0.5) is 8.78 Å². The zero-order chi connectivity index (χ0) is 19.4. The predicted octanol–water partition coefficient (Wildman–Crippen LogP) is 5.33. The molecule has 2 aromatic carbocycles. The quantitative estimate of drug-likeness (QED) is 0.621. The van der Waals surface area contributed by atoms with E-state index in [9.17, 15) is 13.6 Å². The Balaban J connectivity index is 1.69. The van der Waals surface area contributed by atoms with Crippen LogP contribution < -0.4 is 10.1 Å². The highest BCUT2D eigenvalue weighted by Crippen LogP contribution is 2.30. The van der Waals surface area contributed by atoms with Crippen molar-refractivity contribution in [2.24, 2.45) is 0 Å². The van der Waals surface area contributed by atoms with E-state index in [0.29, 0.717) is 17.0 Å². The minimum atomic E-state index is -0.619. The van der Waals surface area contributed by atoms with Gasteiger partial charge in [-0.05, 0) is 61.4 Å². The van der Waals surface area contributed by atoms with Gasteiger partial charge in [0.1, 0.15) is 17.4 Å². The monoisotopic (exact) mass is 387 g/mol. The van der Waals surface area contributed by atoms with E-state index < -0.39 is 11.6 Å². The Morgan fingerprint density at radius 1 is 1.11 bits per heavy atom. The SMILES string of the molecule is CCOc1cccc(-c2ccc(C(=O)NCc3cc(F)c(C)c(F)c3)s2)c1. The van der Waals surface area contributed by atoms with Crippen LogP contribution in [0.15, 0.2) is 48.5 Å². The fourth-order valence-electron chi connectivity index (χ4n) is 2.59. The molecule has 6 heteroatoms. The molecule has 0 aliphatic carbocycles. The maximum atomic E-state index is 13.6. The zero-order valence-electron chi connectivity index (χ0n) is 15.0. The van der Waals surface area contributed by atoms with Crippen molar-refractivity contribution in [3.05, 3.63) is 76.2 Å². The van der Waals surface area contributed by atoms with Gasteiger partial charge in [-0.25, -0.2) is 8.78 Å². The normalized spacial score (nSPS) is 10.7. The number of rotatable bonds is 6. The summed E-state index contributed by atoms with van der Waals surface area (Å²) < 4.78 is 32.7. The molecule has 0 radical (unpaired) electrons. The van der Waals surface area contributed by atoms with Crippen molar-refractivity contribution < 1.29 is 18.3 Å². The molecule has 0 bridgehead atoms. The summed E-state index contributed by atoms with van der Waals surface area (Å²) >= 11 is 1.35. The van der Waals surface area contributed by atoms with Gasteiger partial charge in [-0.2, -0.15) is 0 Å². The van der Waals surface area contributed by atoms with E-state index >= 15 is 0 Å². The summed E-state index contributed by atoms with van der Waals surface area (Å²) in [4.78, 5) is 13.8. The summed E-state index contributed by atoms with van der Waals surface area (Å²) in [7, 11) is 0. The molecule has 1 N–H and O–H groups in total. The maximum Gasteiger partial charge on any atom is 0.261 e. The molecule has 0 unspecified atom stereocenters. The minimum Gasteiger partial charge on any atom is -0.494 e. The third-order valence-corrected chi connectivity index (χ3v) is 5.19.